The number of sulfonamides is 1. The van der Waals surface area contributed by atoms with Gasteiger partial charge < -0.3 is 5.32 Å². The molecule has 0 aliphatic carbocycles. The lowest BCUT2D eigenvalue weighted by Crippen LogP contribution is -2.15. The van der Waals surface area contributed by atoms with Gasteiger partial charge in [-0.25, -0.2) is 13.6 Å². The summed E-state index contributed by atoms with van der Waals surface area (Å²) < 4.78 is 24.5. The van der Waals surface area contributed by atoms with Crippen LogP contribution in [0.3, 0.4) is 0 Å². The summed E-state index contributed by atoms with van der Waals surface area (Å²) in [5.41, 5.74) is 3.21. The SMILES string of the molecule is Cc1cc2ccccc2n2c(SCC(=O)Nc3ccc(S(N)(=O)=O)cc3)nnc12. The molecule has 8 nitrogen and oxygen atoms in total. The molecule has 2 aromatic carbocycles. The predicted molar refractivity (Wildman–Crippen MR) is 112 cm³/mol. The Labute approximate surface area is 171 Å². The Bertz CT molecular complexity index is 1330. The van der Waals surface area contributed by atoms with Gasteiger partial charge in [-0.3, -0.25) is 9.20 Å². The molecule has 2 aromatic heterocycles. The first kappa shape index (κ1) is 19.4. The molecule has 29 heavy (non-hydrogen) atoms. The molecular weight excluding hydrogens is 410 g/mol. The standard InChI is InChI=1S/C19H17N5O3S2/c1-12-10-13-4-2-3-5-16(13)24-18(12)22-23-19(24)28-11-17(25)21-14-6-8-15(9-7-14)29(20,26)27/h2-10H,11H2,1H3,(H,21,25)(H2,20,26,27). The number of fused-ring (bicyclic) bond motifs is 3. The molecule has 0 fully saturated rings. The molecule has 4 aromatic rings. The van der Waals surface area contributed by atoms with Crippen LogP contribution in [0.2, 0.25) is 0 Å². The molecule has 0 aliphatic rings. The number of thioether (sulfide) groups is 1. The van der Waals surface area contributed by atoms with Gasteiger partial charge in [-0.15, -0.1) is 10.2 Å². The fourth-order valence-corrected chi connectivity index (χ4v) is 4.26. The molecule has 0 unspecified atom stereocenters. The summed E-state index contributed by atoms with van der Waals surface area (Å²) in [5.74, 6) is -0.118. The van der Waals surface area contributed by atoms with Crippen LogP contribution in [0.25, 0.3) is 16.6 Å². The van der Waals surface area contributed by atoms with Gasteiger partial charge >= 0.3 is 0 Å². The van der Waals surface area contributed by atoms with Gasteiger partial charge in [-0.1, -0.05) is 30.0 Å². The molecule has 0 atom stereocenters. The minimum absolute atomic E-state index is 0.0120. The minimum Gasteiger partial charge on any atom is -0.325 e. The van der Waals surface area contributed by atoms with E-state index in [1.807, 2.05) is 35.6 Å². The zero-order chi connectivity index (χ0) is 20.6. The van der Waals surface area contributed by atoms with Crippen LogP contribution in [-0.2, 0) is 14.8 Å². The molecule has 0 saturated heterocycles. The third-order valence-electron chi connectivity index (χ3n) is 4.33. The van der Waals surface area contributed by atoms with Crippen LogP contribution >= 0.6 is 11.8 Å². The van der Waals surface area contributed by atoms with Gasteiger partial charge in [0.05, 0.1) is 16.2 Å². The van der Waals surface area contributed by atoms with E-state index in [0.717, 1.165) is 22.1 Å². The fourth-order valence-electron chi connectivity index (χ4n) is 3.00. The van der Waals surface area contributed by atoms with Crippen LogP contribution in [0.1, 0.15) is 5.56 Å². The number of benzene rings is 2. The fraction of sp³-hybridized carbons (Fsp3) is 0.105. The molecular formula is C19H17N5O3S2. The Morgan fingerprint density at radius 3 is 2.59 bits per heavy atom. The number of hydrogen-bond donors (Lipinski definition) is 2. The van der Waals surface area contributed by atoms with Crippen molar-refractivity contribution < 1.29 is 13.2 Å². The number of carbonyl (C=O) groups is 1. The Hall–Kier alpha value is -2.95. The van der Waals surface area contributed by atoms with Gasteiger partial charge in [0.15, 0.2) is 10.8 Å². The number of aryl methyl sites for hydroxylation is 1. The summed E-state index contributed by atoms with van der Waals surface area (Å²) in [6, 6.07) is 15.7. The molecule has 0 saturated carbocycles. The Morgan fingerprint density at radius 1 is 1.14 bits per heavy atom. The molecule has 3 N–H and O–H groups in total. The molecule has 1 amide bonds. The lowest BCUT2D eigenvalue weighted by atomic mass is 10.1. The topological polar surface area (TPSA) is 119 Å². The van der Waals surface area contributed by atoms with E-state index in [4.69, 9.17) is 5.14 Å². The lowest BCUT2D eigenvalue weighted by molar-refractivity contribution is -0.113. The van der Waals surface area contributed by atoms with E-state index in [9.17, 15) is 13.2 Å². The number of rotatable bonds is 5. The van der Waals surface area contributed by atoms with E-state index in [2.05, 4.69) is 21.6 Å². The molecule has 0 aliphatic heterocycles. The van der Waals surface area contributed by atoms with Gasteiger partial charge in [0.2, 0.25) is 15.9 Å². The first-order valence-corrected chi connectivity index (χ1v) is 11.1. The highest BCUT2D eigenvalue weighted by Gasteiger charge is 2.14. The maximum Gasteiger partial charge on any atom is 0.238 e. The van der Waals surface area contributed by atoms with Gasteiger partial charge in [-0.2, -0.15) is 0 Å². The smallest absolute Gasteiger partial charge is 0.238 e. The summed E-state index contributed by atoms with van der Waals surface area (Å²) in [6.45, 7) is 1.98. The zero-order valence-corrected chi connectivity index (χ0v) is 17.0. The van der Waals surface area contributed by atoms with Crippen molar-refractivity contribution in [1.82, 2.24) is 14.6 Å². The van der Waals surface area contributed by atoms with Gasteiger partial charge in [0.25, 0.3) is 0 Å². The van der Waals surface area contributed by atoms with Crippen molar-refractivity contribution in [3.8, 4) is 0 Å². The highest BCUT2D eigenvalue weighted by Crippen LogP contribution is 2.25. The number of para-hydroxylation sites is 1. The van der Waals surface area contributed by atoms with E-state index in [1.54, 1.807) is 0 Å². The zero-order valence-electron chi connectivity index (χ0n) is 15.4. The third kappa shape index (κ3) is 3.95. The van der Waals surface area contributed by atoms with E-state index < -0.39 is 10.0 Å². The van der Waals surface area contributed by atoms with Crippen LogP contribution in [0.5, 0.6) is 0 Å². The average Bonchev–Trinajstić information content (AvgIpc) is 3.11. The second-order valence-electron chi connectivity index (χ2n) is 6.43. The molecule has 148 valence electrons. The highest BCUT2D eigenvalue weighted by atomic mass is 32.2. The summed E-state index contributed by atoms with van der Waals surface area (Å²) in [6.07, 6.45) is 0. The second kappa shape index (κ2) is 7.47. The van der Waals surface area contributed by atoms with Crippen molar-refractivity contribution in [2.45, 2.75) is 17.0 Å². The maximum absolute atomic E-state index is 12.3. The van der Waals surface area contributed by atoms with Crippen LogP contribution in [-0.4, -0.2) is 34.7 Å². The molecule has 0 bridgehead atoms. The van der Waals surface area contributed by atoms with Gasteiger partial charge in [0.1, 0.15) is 0 Å². The summed E-state index contributed by atoms with van der Waals surface area (Å²) >= 11 is 1.28. The number of nitrogens with zero attached hydrogens (tertiary/aromatic N) is 3. The first-order valence-electron chi connectivity index (χ1n) is 8.62. The number of pyridine rings is 1. The van der Waals surface area contributed by atoms with Crippen LogP contribution in [0.15, 0.2) is 64.6 Å². The third-order valence-corrected chi connectivity index (χ3v) is 6.19. The number of amides is 1. The summed E-state index contributed by atoms with van der Waals surface area (Å²) in [5, 5.41) is 18.0. The normalized spacial score (nSPS) is 11.8. The van der Waals surface area contributed by atoms with Crippen LogP contribution in [0, 0.1) is 6.92 Å². The van der Waals surface area contributed by atoms with Gasteiger partial charge in [0, 0.05) is 5.69 Å². The van der Waals surface area contributed by atoms with Crippen LogP contribution in [0.4, 0.5) is 5.69 Å². The second-order valence-corrected chi connectivity index (χ2v) is 8.94. The maximum atomic E-state index is 12.3. The van der Waals surface area contributed by atoms with Crippen molar-refractivity contribution in [2.75, 3.05) is 11.1 Å². The number of primary sulfonamides is 1. The van der Waals surface area contributed by atoms with E-state index in [0.29, 0.717) is 10.8 Å². The van der Waals surface area contributed by atoms with E-state index in [-0.39, 0.29) is 16.6 Å². The number of aromatic nitrogens is 3. The largest absolute Gasteiger partial charge is 0.325 e. The molecule has 0 radical (unpaired) electrons. The van der Waals surface area contributed by atoms with Crippen molar-refractivity contribution >= 4 is 49.9 Å². The Kier molecular flexibility index (Phi) is 4.99. The Morgan fingerprint density at radius 2 is 1.86 bits per heavy atom. The van der Waals surface area contributed by atoms with Crippen molar-refractivity contribution in [2.24, 2.45) is 5.14 Å². The number of nitrogens with one attached hydrogen (secondary N) is 1. The first-order chi connectivity index (χ1) is 13.8. The number of anilines is 1. The monoisotopic (exact) mass is 427 g/mol. The number of carbonyl (C=O) groups excluding carboxylic acids is 1. The molecule has 2 heterocycles. The van der Waals surface area contributed by atoms with Crippen molar-refractivity contribution in [3.63, 3.8) is 0 Å². The quantitative estimate of drug-likeness (QED) is 0.473. The van der Waals surface area contributed by atoms with E-state index in [1.165, 1.54) is 36.0 Å². The summed E-state index contributed by atoms with van der Waals surface area (Å²) in [4.78, 5) is 12.3. The minimum atomic E-state index is -3.77. The highest BCUT2D eigenvalue weighted by molar-refractivity contribution is 7.99. The molecule has 10 heteroatoms. The summed E-state index contributed by atoms with van der Waals surface area (Å²) in [7, 11) is -3.77. The predicted octanol–water partition coefficient (Wildman–Crippen LogP) is 2.57. The van der Waals surface area contributed by atoms with E-state index >= 15 is 0 Å². The lowest BCUT2D eigenvalue weighted by Gasteiger charge is -2.07. The Balaban J connectivity index is 1.52. The number of hydrogen-bond acceptors (Lipinski definition) is 6. The van der Waals surface area contributed by atoms with Crippen molar-refractivity contribution in [1.29, 1.82) is 0 Å². The molecule has 0 spiro atoms. The average molecular weight is 428 g/mol. The van der Waals surface area contributed by atoms with Crippen molar-refractivity contribution in [3.05, 3.63) is 60.2 Å². The number of nitrogens with two attached hydrogens (primary N) is 1. The van der Waals surface area contributed by atoms with Gasteiger partial charge in [-0.05, 0) is 54.3 Å². The van der Waals surface area contributed by atoms with Crippen LogP contribution < -0.4 is 10.5 Å². The molecule has 4 rings (SSSR count).